The zero-order valence-electron chi connectivity index (χ0n) is 9.21. The quantitative estimate of drug-likeness (QED) is 0.809. The van der Waals surface area contributed by atoms with Gasteiger partial charge in [0.05, 0.1) is 18.7 Å². The zero-order chi connectivity index (χ0) is 12.2. The van der Waals surface area contributed by atoms with Crippen molar-refractivity contribution in [3.63, 3.8) is 0 Å². The number of nitrogens with one attached hydrogen (secondary N) is 1. The van der Waals surface area contributed by atoms with Crippen LogP contribution in [0.3, 0.4) is 0 Å². The number of nitrogens with zero attached hydrogens (tertiary/aromatic N) is 3. The number of aryl methyl sites for hydroxylation is 1. The van der Waals surface area contributed by atoms with Crippen molar-refractivity contribution < 1.29 is 8.42 Å². The molecular formula is C9H14N4O2S. The first-order chi connectivity index (χ1) is 7.51. The predicted octanol–water partition coefficient (Wildman–Crippen LogP) is 0.391. The SMILES string of the molecule is CCC(CC#N)NS(=O)(=O)c1ccnn1C. The molecule has 1 heterocycles. The van der Waals surface area contributed by atoms with Gasteiger partial charge in [0.2, 0.25) is 0 Å². The lowest BCUT2D eigenvalue weighted by atomic mass is 10.2. The number of hydrogen-bond donors (Lipinski definition) is 1. The maximum atomic E-state index is 11.9. The molecule has 16 heavy (non-hydrogen) atoms. The van der Waals surface area contributed by atoms with Crippen LogP contribution in [0, 0.1) is 11.3 Å². The van der Waals surface area contributed by atoms with E-state index < -0.39 is 10.0 Å². The van der Waals surface area contributed by atoms with Gasteiger partial charge in [0.1, 0.15) is 0 Å². The first-order valence-corrected chi connectivity index (χ1v) is 6.37. The summed E-state index contributed by atoms with van der Waals surface area (Å²) >= 11 is 0. The average Bonchev–Trinajstić information content (AvgIpc) is 2.64. The number of rotatable bonds is 5. The highest BCUT2D eigenvalue weighted by Gasteiger charge is 2.21. The lowest BCUT2D eigenvalue weighted by Crippen LogP contribution is -2.35. The van der Waals surface area contributed by atoms with Crippen molar-refractivity contribution in [2.45, 2.75) is 30.8 Å². The average molecular weight is 242 g/mol. The van der Waals surface area contributed by atoms with E-state index in [1.54, 1.807) is 7.05 Å². The van der Waals surface area contributed by atoms with Gasteiger partial charge < -0.3 is 0 Å². The number of hydrogen-bond acceptors (Lipinski definition) is 4. The highest BCUT2D eigenvalue weighted by atomic mass is 32.2. The van der Waals surface area contributed by atoms with E-state index in [0.29, 0.717) is 6.42 Å². The van der Waals surface area contributed by atoms with Crippen molar-refractivity contribution in [3.05, 3.63) is 12.3 Å². The molecule has 0 aromatic carbocycles. The molecule has 1 atom stereocenters. The van der Waals surface area contributed by atoms with E-state index in [-0.39, 0.29) is 17.5 Å². The first kappa shape index (κ1) is 12.7. The molecule has 1 unspecified atom stereocenters. The van der Waals surface area contributed by atoms with E-state index in [1.807, 2.05) is 13.0 Å². The van der Waals surface area contributed by atoms with Crippen LogP contribution in [0.1, 0.15) is 19.8 Å². The molecule has 0 spiro atoms. The molecular weight excluding hydrogens is 228 g/mol. The second-order valence-corrected chi connectivity index (χ2v) is 5.04. The van der Waals surface area contributed by atoms with Gasteiger partial charge in [0, 0.05) is 13.1 Å². The van der Waals surface area contributed by atoms with Gasteiger partial charge in [-0.1, -0.05) is 6.92 Å². The normalized spacial score (nSPS) is 13.3. The monoisotopic (exact) mass is 242 g/mol. The molecule has 0 aliphatic carbocycles. The third-order valence-corrected chi connectivity index (χ3v) is 3.80. The van der Waals surface area contributed by atoms with Gasteiger partial charge in [0.15, 0.2) is 5.03 Å². The summed E-state index contributed by atoms with van der Waals surface area (Å²) in [5, 5.41) is 12.4. The Morgan fingerprint density at radius 2 is 2.38 bits per heavy atom. The summed E-state index contributed by atoms with van der Waals surface area (Å²) < 4.78 is 27.5. The molecule has 7 heteroatoms. The standard InChI is InChI=1S/C9H14N4O2S/c1-3-8(4-6-10)12-16(14,15)9-5-7-11-13(9)2/h5,7-8,12H,3-4H2,1-2H3. The van der Waals surface area contributed by atoms with E-state index in [1.165, 1.54) is 16.9 Å². The summed E-state index contributed by atoms with van der Waals surface area (Å²) in [5.74, 6) is 0. The minimum absolute atomic E-state index is 0.101. The second kappa shape index (κ2) is 5.09. The van der Waals surface area contributed by atoms with Crippen LogP contribution in [0.25, 0.3) is 0 Å². The maximum Gasteiger partial charge on any atom is 0.257 e. The summed E-state index contributed by atoms with van der Waals surface area (Å²) in [4.78, 5) is 0. The van der Waals surface area contributed by atoms with Gasteiger partial charge in [-0.25, -0.2) is 13.1 Å². The minimum atomic E-state index is -3.58. The van der Waals surface area contributed by atoms with Gasteiger partial charge in [0.25, 0.3) is 10.0 Å². The smallest absolute Gasteiger partial charge is 0.256 e. The molecule has 88 valence electrons. The van der Waals surface area contributed by atoms with E-state index in [4.69, 9.17) is 5.26 Å². The third kappa shape index (κ3) is 2.81. The molecule has 0 aliphatic heterocycles. The number of aromatic nitrogens is 2. The number of sulfonamides is 1. The Balaban J connectivity index is 2.88. The van der Waals surface area contributed by atoms with Gasteiger partial charge in [-0.15, -0.1) is 0 Å². The van der Waals surface area contributed by atoms with Crippen molar-refractivity contribution in [2.75, 3.05) is 0 Å². The van der Waals surface area contributed by atoms with Crippen LogP contribution in [0.2, 0.25) is 0 Å². The fourth-order valence-electron chi connectivity index (χ4n) is 1.28. The lowest BCUT2D eigenvalue weighted by molar-refractivity contribution is 0.530. The molecule has 0 amide bonds. The second-order valence-electron chi connectivity index (χ2n) is 3.38. The Kier molecular flexibility index (Phi) is 4.04. The molecule has 0 saturated heterocycles. The largest absolute Gasteiger partial charge is 0.257 e. The highest BCUT2D eigenvalue weighted by molar-refractivity contribution is 7.89. The van der Waals surface area contributed by atoms with E-state index in [9.17, 15) is 8.42 Å². The molecule has 1 aromatic rings. The summed E-state index contributed by atoms with van der Waals surface area (Å²) in [6.45, 7) is 1.83. The Morgan fingerprint density at radius 3 is 2.81 bits per heavy atom. The molecule has 0 radical (unpaired) electrons. The summed E-state index contributed by atoms with van der Waals surface area (Å²) in [7, 11) is -2.03. The molecule has 1 rings (SSSR count). The van der Waals surface area contributed by atoms with Crippen molar-refractivity contribution in [3.8, 4) is 6.07 Å². The summed E-state index contributed by atoms with van der Waals surface area (Å²) in [6, 6.07) is 3.01. The van der Waals surface area contributed by atoms with E-state index in [2.05, 4.69) is 9.82 Å². The molecule has 1 aromatic heterocycles. The minimum Gasteiger partial charge on any atom is -0.256 e. The molecule has 6 nitrogen and oxygen atoms in total. The van der Waals surface area contributed by atoms with E-state index >= 15 is 0 Å². The lowest BCUT2D eigenvalue weighted by Gasteiger charge is -2.13. The van der Waals surface area contributed by atoms with Crippen LogP contribution < -0.4 is 4.72 Å². The molecule has 0 aliphatic rings. The molecule has 0 saturated carbocycles. The van der Waals surface area contributed by atoms with Crippen molar-refractivity contribution in [1.29, 1.82) is 5.26 Å². The molecule has 0 fully saturated rings. The fourth-order valence-corrected chi connectivity index (χ4v) is 2.73. The van der Waals surface area contributed by atoms with Crippen LogP contribution in [-0.2, 0) is 17.1 Å². The van der Waals surface area contributed by atoms with Crippen molar-refractivity contribution in [1.82, 2.24) is 14.5 Å². The Hall–Kier alpha value is -1.39. The predicted molar refractivity (Wildman–Crippen MR) is 57.8 cm³/mol. The summed E-state index contributed by atoms with van der Waals surface area (Å²) in [5.41, 5.74) is 0. The highest BCUT2D eigenvalue weighted by Crippen LogP contribution is 2.09. The Bertz CT molecular complexity index is 486. The van der Waals surface area contributed by atoms with Crippen LogP contribution in [0.15, 0.2) is 17.3 Å². The zero-order valence-corrected chi connectivity index (χ0v) is 10.0. The van der Waals surface area contributed by atoms with Crippen LogP contribution >= 0.6 is 0 Å². The topological polar surface area (TPSA) is 87.8 Å². The van der Waals surface area contributed by atoms with Gasteiger partial charge in [-0.3, -0.25) is 4.68 Å². The number of nitriles is 1. The van der Waals surface area contributed by atoms with Gasteiger partial charge in [-0.2, -0.15) is 10.4 Å². The van der Waals surface area contributed by atoms with Crippen LogP contribution in [0.4, 0.5) is 0 Å². The first-order valence-electron chi connectivity index (χ1n) is 4.88. The van der Waals surface area contributed by atoms with Crippen molar-refractivity contribution >= 4 is 10.0 Å². The van der Waals surface area contributed by atoms with Crippen LogP contribution in [0.5, 0.6) is 0 Å². The van der Waals surface area contributed by atoms with Gasteiger partial charge in [-0.05, 0) is 12.5 Å². The Morgan fingerprint density at radius 1 is 1.69 bits per heavy atom. The summed E-state index contributed by atoms with van der Waals surface area (Å²) in [6.07, 6.45) is 2.15. The fraction of sp³-hybridized carbons (Fsp3) is 0.556. The van der Waals surface area contributed by atoms with E-state index in [0.717, 1.165) is 0 Å². The van der Waals surface area contributed by atoms with Crippen molar-refractivity contribution in [2.24, 2.45) is 7.05 Å². The molecule has 0 bridgehead atoms. The molecule has 1 N–H and O–H groups in total. The Labute approximate surface area is 94.9 Å². The third-order valence-electron chi connectivity index (χ3n) is 2.20. The maximum absolute atomic E-state index is 11.9. The van der Waals surface area contributed by atoms with Crippen LogP contribution in [-0.4, -0.2) is 24.2 Å². The van der Waals surface area contributed by atoms with Gasteiger partial charge >= 0.3 is 0 Å².